The van der Waals surface area contributed by atoms with Crippen molar-refractivity contribution in [2.75, 3.05) is 7.11 Å². The molecule has 0 aliphatic heterocycles. The molecule has 0 radical (unpaired) electrons. The van der Waals surface area contributed by atoms with Crippen molar-refractivity contribution >= 4 is 29.2 Å². The number of halogens is 2. The molecule has 1 atom stereocenters. The summed E-state index contributed by atoms with van der Waals surface area (Å²) >= 11 is 11.8. The van der Waals surface area contributed by atoms with Crippen molar-refractivity contribution in [2.45, 2.75) is 17.7 Å². The second kappa shape index (κ2) is 4.59. The molecule has 1 aromatic carbocycles. The Morgan fingerprint density at radius 3 is 2.53 bits per heavy atom. The van der Waals surface area contributed by atoms with Gasteiger partial charge in [0.15, 0.2) is 11.5 Å². The Labute approximate surface area is 120 Å². The minimum Gasteiger partial charge on any atom is -0.493 e. The fourth-order valence-corrected chi connectivity index (χ4v) is 2.34. The molecule has 1 aliphatic carbocycles. The fraction of sp³-hybridized carbons (Fsp3) is 0.385. The first kappa shape index (κ1) is 14.0. The molecule has 1 fully saturated rings. The molecule has 1 aromatic rings. The van der Waals surface area contributed by atoms with Gasteiger partial charge < -0.3 is 9.47 Å². The standard InChI is InChI=1S/C13H11Cl2NO3/c1-12(7-13(12,14)15)11(17)19-9-4-3-8(6-16)5-10(9)18-2/h3-5H,7H2,1-2H3. The van der Waals surface area contributed by atoms with Gasteiger partial charge in [-0.15, -0.1) is 23.2 Å². The zero-order valence-corrected chi connectivity index (χ0v) is 11.9. The SMILES string of the molecule is COc1cc(C#N)ccc1OC(=O)C1(C)CC1(Cl)Cl. The number of methoxy groups -OCH3 is 1. The van der Waals surface area contributed by atoms with Crippen LogP contribution in [0.25, 0.3) is 0 Å². The van der Waals surface area contributed by atoms with E-state index < -0.39 is 15.7 Å². The predicted octanol–water partition coefficient (Wildman–Crippen LogP) is 3.06. The van der Waals surface area contributed by atoms with Gasteiger partial charge in [-0.1, -0.05) is 0 Å². The van der Waals surface area contributed by atoms with Crippen LogP contribution in [-0.2, 0) is 4.79 Å². The van der Waals surface area contributed by atoms with Crippen LogP contribution in [0.5, 0.6) is 11.5 Å². The minimum absolute atomic E-state index is 0.240. The van der Waals surface area contributed by atoms with Crippen LogP contribution in [0.4, 0.5) is 0 Å². The van der Waals surface area contributed by atoms with Crippen molar-refractivity contribution in [3.05, 3.63) is 23.8 Å². The highest BCUT2D eigenvalue weighted by Crippen LogP contribution is 2.64. The molecule has 1 saturated carbocycles. The first-order chi connectivity index (χ1) is 8.84. The number of hydrogen-bond acceptors (Lipinski definition) is 4. The lowest BCUT2D eigenvalue weighted by molar-refractivity contribution is -0.140. The topological polar surface area (TPSA) is 59.3 Å². The van der Waals surface area contributed by atoms with Crippen LogP contribution in [0.2, 0.25) is 0 Å². The summed E-state index contributed by atoms with van der Waals surface area (Å²) in [6.45, 7) is 1.64. The molecule has 0 N–H and O–H groups in total. The smallest absolute Gasteiger partial charge is 0.320 e. The summed E-state index contributed by atoms with van der Waals surface area (Å²) in [4.78, 5) is 12.0. The quantitative estimate of drug-likeness (QED) is 0.489. The van der Waals surface area contributed by atoms with Crippen LogP contribution in [0.3, 0.4) is 0 Å². The maximum atomic E-state index is 12.0. The minimum atomic E-state index is -1.08. The lowest BCUT2D eigenvalue weighted by atomic mass is 10.1. The highest BCUT2D eigenvalue weighted by atomic mass is 35.5. The van der Waals surface area contributed by atoms with Gasteiger partial charge in [0.05, 0.1) is 18.7 Å². The van der Waals surface area contributed by atoms with Gasteiger partial charge in [-0.3, -0.25) is 4.79 Å². The summed E-state index contributed by atoms with van der Waals surface area (Å²) in [5, 5.41) is 8.79. The predicted molar refractivity (Wildman–Crippen MR) is 70.5 cm³/mol. The summed E-state index contributed by atoms with van der Waals surface area (Å²) in [6.07, 6.45) is 0.348. The van der Waals surface area contributed by atoms with E-state index in [9.17, 15) is 4.79 Å². The van der Waals surface area contributed by atoms with Crippen molar-refractivity contribution in [2.24, 2.45) is 5.41 Å². The Morgan fingerprint density at radius 2 is 2.05 bits per heavy atom. The average Bonchev–Trinajstić information content (AvgIpc) is 2.90. The number of carbonyl (C=O) groups excluding carboxylic acids is 1. The number of hydrogen-bond donors (Lipinski definition) is 0. The third-order valence-electron chi connectivity index (χ3n) is 3.20. The number of alkyl halides is 2. The first-order valence-corrected chi connectivity index (χ1v) is 6.28. The lowest BCUT2D eigenvalue weighted by Gasteiger charge is -2.13. The zero-order valence-electron chi connectivity index (χ0n) is 10.4. The molecular weight excluding hydrogens is 289 g/mol. The zero-order chi connectivity index (χ0) is 14.3. The number of ether oxygens (including phenoxy) is 2. The Bertz CT molecular complexity index is 580. The van der Waals surface area contributed by atoms with E-state index in [-0.39, 0.29) is 5.75 Å². The van der Waals surface area contributed by atoms with Gasteiger partial charge in [-0.25, -0.2) is 0 Å². The largest absolute Gasteiger partial charge is 0.493 e. The Balaban J connectivity index is 2.21. The number of rotatable bonds is 3. The summed E-state index contributed by atoms with van der Waals surface area (Å²) < 4.78 is 9.26. The Kier molecular flexibility index (Phi) is 3.38. The lowest BCUT2D eigenvalue weighted by Crippen LogP contribution is -2.24. The van der Waals surface area contributed by atoms with Crippen LogP contribution < -0.4 is 9.47 Å². The van der Waals surface area contributed by atoms with Crippen molar-refractivity contribution in [3.63, 3.8) is 0 Å². The highest BCUT2D eigenvalue weighted by Gasteiger charge is 2.69. The van der Waals surface area contributed by atoms with Gasteiger partial charge in [0.2, 0.25) is 0 Å². The summed E-state index contributed by atoms with van der Waals surface area (Å²) in [7, 11) is 1.43. The van der Waals surface area contributed by atoms with Crippen LogP contribution in [0, 0.1) is 16.7 Å². The van der Waals surface area contributed by atoms with E-state index >= 15 is 0 Å². The van der Waals surface area contributed by atoms with Crippen LogP contribution in [0.15, 0.2) is 18.2 Å². The molecule has 1 unspecified atom stereocenters. The summed E-state index contributed by atoms with van der Waals surface area (Å²) in [5.41, 5.74) is -0.493. The molecule has 0 heterocycles. The third kappa shape index (κ3) is 2.36. The van der Waals surface area contributed by atoms with Gasteiger partial charge >= 0.3 is 5.97 Å². The normalized spacial score (nSPS) is 23.3. The maximum absolute atomic E-state index is 12.0. The molecule has 100 valence electrons. The van der Waals surface area contributed by atoms with Gasteiger partial charge in [-0.2, -0.15) is 5.26 Å². The molecule has 0 spiro atoms. The van der Waals surface area contributed by atoms with Gasteiger partial charge in [0, 0.05) is 12.5 Å². The van der Waals surface area contributed by atoms with E-state index in [0.29, 0.717) is 17.7 Å². The first-order valence-electron chi connectivity index (χ1n) is 5.52. The molecule has 1 aliphatic rings. The number of carbonyl (C=O) groups is 1. The molecule has 0 saturated heterocycles. The van der Waals surface area contributed by atoms with Crippen molar-refractivity contribution in [3.8, 4) is 17.6 Å². The van der Waals surface area contributed by atoms with Crippen LogP contribution in [-0.4, -0.2) is 17.4 Å². The molecule has 4 nitrogen and oxygen atoms in total. The van der Waals surface area contributed by atoms with E-state index in [1.165, 1.54) is 25.3 Å². The molecule has 2 rings (SSSR count). The van der Waals surface area contributed by atoms with Crippen molar-refractivity contribution < 1.29 is 14.3 Å². The van der Waals surface area contributed by atoms with E-state index in [2.05, 4.69) is 0 Å². The maximum Gasteiger partial charge on any atom is 0.320 e. The second-order valence-corrected chi connectivity index (χ2v) is 6.06. The number of nitrogens with zero attached hydrogens (tertiary/aromatic N) is 1. The third-order valence-corrected chi connectivity index (χ3v) is 4.31. The van der Waals surface area contributed by atoms with Crippen LogP contribution >= 0.6 is 23.2 Å². The van der Waals surface area contributed by atoms with E-state index in [0.717, 1.165) is 0 Å². The Hall–Kier alpha value is -1.44. The monoisotopic (exact) mass is 299 g/mol. The van der Waals surface area contributed by atoms with E-state index in [4.69, 9.17) is 37.9 Å². The molecule has 6 heteroatoms. The fourth-order valence-electron chi connectivity index (χ4n) is 1.66. The van der Waals surface area contributed by atoms with E-state index in [1.807, 2.05) is 6.07 Å². The van der Waals surface area contributed by atoms with Gasteiger partial charge in [0.1, 0.15) is 9.75 Å². The summed E-state index contributed by atoms with van der Waals surface area (Å²) in [6, 6.07) is 6.51. The van der Waals surface area contributed by atoms with Crippen molar-refractivity contribution in [1.29, 1.82) is 5.26 Å². The molecule has 0 amide bonds. The highest BCUT2D eigenvalue weighted by molar-refractivity contribution is 6.53. The van der Waals surface area contributed by atoms with Crippen molar-refractivity contribution in [1.82, 2.24) is 0 Å². The van der Waals surface area contributed by atoms with E-state index in [1.54, 1.807) is 6.92 Å². The Morgan fingerprint density at radius 1 is 1.42 bits per heavy atom. The molecular formula is C13H11Cl2NO3. The van der Waals surface area contributed by atoms with Gasteiger partial charge in [-0.05, 0) is 19.1 Å². The number of nitriles is 1. The number of esters is 1. The average molecular weight is 300 g/mol. The van der Waals surface area contributed by atoms with Gasteiger partial charge in [0.25, 0.3) is 0 Å². The molecule has 19 heavy (non-hydrogen) atoms. The second-order valence-electron chi connectivity index (χ2n) is 4.58. The summed E-state index contributed by atoms with van der Waals surface area (Å²) in [5.74, 6) is 0.0376. The number of benzene rings is 1. The van der Waals surface area contributed by atoms with Crippen LogP contribution in [0.1, 0.15) is 18.9 Å². The molecule has 0 bridgehead atoms. The molecule has 0 aromatic heterocycles.